The topological polar surface area (TPSA) is 29.1 Å². The summed E-state index contributed by atoms with van der Waals surface area (Å²) in [6, 6.07) is 0. The van der Waals surface area contributed by atoms with E-state index in [-0.39, 0.29) is 17.7 Å². The summed E-state index contributed by atoms with van der Waals surface area (Å²) in [4.78, 5) is 11.3. The summed E-state index contributed by atoms with van der Waals surface area (Å²) in [6.45, 7) is 1.95. The van der Waals surface area contributed by atoms with Crippen LogP contribution in [0, 0.1) is 11.8 Å². The van der Waals surface area contributed by atoms with Gasteiger partial charge in [0.05, 0.1) is 5.92 Å². The predicted molar refractivity (Wildman–Crippen MR) is 47.2 cm³/mol. The van der Waals surface area contributed by atoms with Crippen molar-refractivity contribution in [2.45, 2.75) is 6.92 Å². The molecule has 2 heteroatoms. The Balaban J connectivity index is 2.36. The molecule has 1 aliphatic heterocycles. The van der Waals surface area contributed by atoms with Gasteiger partial charge in [-0.15, -0.1) is 0 Å². The van der Waals surface area contributed by atoms with E-state index in [1.54, 1.807) is 0 Å². The monoisotopic (exact) mass is 161 g/mol. The van der Waals surface area contributed by atoms with Crippen molar-refractivity contribution in [2.24, 2.45) is 11.8 Å². The fourth-order valence-corrected chi connectivity index (χ4v) is 1.73. The molecule has 1 N–H and O–H groups in total. The average molecular weight is 161 g/mol. The summed E-state index contributed by atoms with van der Waals surface area (Å²) >= 11 is 0. The number of hydrogen-bond donors (Lipinski definition) is 1. The van der Waals surface area contributed by atoms with Gasteiger partial charge in [0.15, 0.2) is 0 Å². The lowest BCUT2D eigenvalue weighted by molar-refractivity contribution is -0.121. The third kappa shape index (κ3) is 0.916. The first-order chi connectivity index (χ1) is 5.83. The van der Waals surface area contributed by atoms with Gasteiger partial charge in [0.2, 0.25) is 5.91 Å². The van der Waals surface area contributed by atoms with Gasteiger partial charge >= 0.3 is 0 Å². The van der Waals surface area contributed by atoms with Gasteiger partial charge in [0.1, 0.15) is 0 Å². The Morgan fingerprint density at radius 3 is 2.67 bits per heavy atom. The van der Waals surface area contributed by atoms with Crippen molar-refractivity contribution >= 4 is 5.91 Å². The van der Waals surface area contributed by atoms with Crippen molar-refractivity contribution in [1.82, 2.24) is 5.32 Å². The number of amides is 1. The van der Waals surface area contributed by atoms with E-state index in [2.05, 4.69) is 11.4 Å². The van der Waals surface area contributed by atoms with Crippen molar-refractivity contribution in [1.29, 1.82) is 0 Å². The molecule has 0 aromatic carbocycles. The highest BCUT2D eigenvalue weighted by Crippen LogP contribution is 2.30. The van der Waals surface area contributed by atoms with E-state index in [1.165, 1.54) is 0 Å². The summed E-state index contributed by atoms with van der Waals surface area (Å²) in [6.07, 6.45) is 9.91. The molecular formula is C10H11NO. The van der Waals surface area contributed by atoms with Crippen LogP contribution in [-0.4, -0.2) is 5.91 Å². The SMILES string of the molecule is CC=C1NC(=O)C2C=CC=CC12. The first-order valence-electron chi connectivity index (χ1n) is 4.15. The third-order valence-electron chi connectivity index (χ3n) is 2.38. The number of allylic oxidation sites excluding steroid dienone is 4. The van der Waals surface area contributed by atoms with Gasteiger partial charge in [-0.25, -0.2) is 0 Å². The van der Waals surface area contributed by atoms with E-state index in [0.717, 1.165) is 5.70 Å². The summed E-state index contributed by atoms with van der Waals surface area (Å²) in [5.41, 5.74) is 1.03. The minimum Gasteiger partial charge on any atom is -0.329 e. The Hall–Kier alpha value is -1.31. The molecule has 0 spiro atoms. The van der Waals surface area contributed by atoms with Crippen molar-refractivity contribution in [3.8, 4) is 0 Å². The zero-order valence-electron chi connectivity index (χ0n) is 6.95. The Morgan fingerprint density at radius 1 is 1.33 bits per heavy atom. The van der Waals surface area contributed by atoms with Crippen LogP contribution in [0.5, 0.6) is 0 Å². The number of nitrogens with one attached hydrogen (secondary N) is 1. The maximum atomic E-state index is 11.3. The Kier molecular flexibility index (Phi) is 1.61. The van der Waals surface area contributed by atoms with E-state index in [9.17, 15) is 4.79 Å². The molecule has 2 unspecified atom stereocenters. The lowest BCUT2D eigenvalue weighted by Crippen LogP contribution is -2.17. The number of carbonyl (C=O) groups is 1. The molecule has 0 aromatic heterocycles. The molecule has 12 heavy (non-hydrogen) atoms. The van der Waals surface area contributed by atoms with E-state index in [1.807, 2.05) is 31.2 Å². The van der Waals surface area contributed by atoms with E-state index >= 15 is 0 Å². The van der Waals surface area contributed by atoms with Crippen LogP contribution in [0.3, 0.4) is 0 Å². The summed E-state index contributed by atoms with van der Waals surface area (Å²) in [5, 5.41) is 2.87. The van der Waals surface area contributed by atoms with Crippen LogP contribution in [0.1, 0.15) is 6.92 Å². The standard InChI is InChI=1S/C10H11NO/c1-2-9-7-5-3-4-6-8(7)10(12)11-9/h2-8H,1H3,(H,11,12). The molecule has 1 fully saturated rings. The number of rotatable bonds is 0. The smallest absolute Gasteiger partial charge is 0.232 e. The molecule has 0 bridgehead atoms. The third-order valence-corrected chi connectivity index (χ3v) is 2.38. The van der Waals surface area contributed by atoms with E-state index in [0.29, 0.717) is 0 Å². The maximum absolute atomic E-state index is 11.3. The first-order valence-corrected chi connectivity index (χ1v) is 4.15. The van der Waals surface area contributed by atoms with Crippen LogP contribution in [0.15, 0.2) is 36.1 Å². The molecule has 0 aromatic rings. The highest BCUT2D eigenvalue weighted by molar-refractivity contribution is 5.87. The van der Waals surface area contributed by atoms with Gasteiger partial charge in [0.25, 0.3) is 0 Å². The van der Waals surface area contributed by atoms with Gasteiger partial charge in [-0.05, 0) is 6.92 Å². The Morgan fingerprint density at radius 2 is 2.00 bits per heavy atom. The van der Waals surface area contributed by atoms with Crippen LogP contribution in [0.25, 0.3) is 0 Å². The van der Waals surface area contributed by atoms with Gasteiger partial charge in [-0.1, -0.05) is 30.4 Å². The number of fused-ring (bicyclic) bond motifs is 1. The minimum absolute atomic E-state index is 0.0289. The molecule has 62 valence electrons. The molecule has 1 saturated heterocycles. The molecule has 2 atom stereocenters. The second-order valence-electron chi connectivity index (χ2n) is 3.05. The lowest BCUT2D eigenvalue weighted by atomic mass is 9.89. The van der Waals surface area contributed by atoms with Crippen LogP contribution in [-0.2, 0) is 4.79 Å². The van der Waals surface area contributed by atoms with Gasteiger partial charge in [-0.3, -0.25) is 4.79 Å². The van der Waals surface area contributed by atoms with Crippen molar-refractivity contribution in [2.75, 3.05) is 0 Å². The zero-order valence-corrected chi connectivity index (χ0v) is 6.95. The van der Waals surface area contributed by atoms with Gasteiger partial charge in [-0.2, -0.15) is 0 Å². The molecule has 2 nitrogen and oxygen atoms in total. The largest absolute Gasteiger partial charge is 0.329 e. The number of hydrogen-bond acceptors (Lipinski definition) is 1. The van der Waals surface area contributed by atoms with E-state index < -0.39 is 0 Å². The molecule has 2 aliphatic rings. The highest BCUT2D eigenvalue weighted by Gasteiger charge is 2.35. The van der Waals surface area contributed by atoms with Crippen LogP contribution >= 0.6 is 0 Å². The van der Waals surface area contributed by atoms with Crippen molar-refractivity contribution < 1.29 is 4.79 Å². The average Bonchev–Trinajstić information content (AvgIpc) is 2.44. The van der Waals surface area contributed by atoms with Crippen molar-refractivity contribution in [3.63, 3.8) is 0 Å². The maximum Gasteiger partial charge on any atom is 0.232 e. The molecule has 1 aliphatic carbocycles. The summed E-state index contributed by atoms with van der Waals surface area (Å²) < 4.78 is 0. The zero-order chi connectivity index (χ0) is 8.55. The quantitative estimate of drug-likeness (QED) is 0.571. The van der Waals surface area contributed by atoms with Crippen LogP contribution in [0.2, 0.25) is 0 Å². The fourth-order valence-electron chi connectivity index (χ4n) is 1.73. The van der Waals surface area contributed by atoms with Gasteiger partial charge < -0.3 is 5.32 Å². The molecule has 0 saturated carbocycles. The number of carbonyl (C=O) groups excluding carboxylic acids is 1. The highest BCUT2D eigenvalue weighted by atomic mass is 16.2. The second-order valence-corrected chi connectivity index (χ2v) is 3.05. The summed E-state index contributed by atoms with van der Waals surface area (Å²) in [5.74, 6) is 0.405. The first kappa shape index (κ1) is 7.35. The Labute approximate surface area is 71.7 Å². The van der Waals surface area contributed by atoms with Crippen molar-refractivity contribution in [3.05, 3.63) is 36.1 Å². The Bertz CT molecular complexity index is 299. The summed E-state index contributed by atoms with van der Waals surface area (Å²) in [7, 11) is 0. The fraction of sp³-hybridized carbons (Fsp3) is 0.300. The molecule has 0 radical (unpaired) electrons. The second kappa shape index (κ2) is 2.63. The van der Waals surface area contributed by atoms with Crippen LogP contribution in [0.4, 0.5) is 0 Å². The molecule has 2 rings (SSSR count). The molecule has 1 amide bonds. The normalized spacial score (nSPS) is 35.4. The molecule has 1 heterocycles. The predicted octanol–water partition coefficient (Wildman–Crippen LogP) is 1.38. The van der Waals surface area contributed by atoms with E-state index in [4.69, 9.17) is 0 Å². The van der Waals surface area contributed by atoms with Crippen LogP contribution < -0.4 is 5.32 Å². The van der Waals surface area contributed by atoms with Gasteiger partial charge in [0, 0.05) is 11.6 Å². The minimum atomic E-state index is 0.0289. The lowest BCUT2D eigenvalue weighted by Gasteiger charge is -2.11. The molecular weight excluding hydrogens is 150 g/mol.